The number of rotatable bonds is 5. The largest absolute Gasteiger partial charge is 0.379 e. The minimum atomic E-state index is -0.155. The zero-order valence-electron chi connectivity index (χ0n) is 12.2. The predicted molar refractivity (Wildman–Crippen MR) is 90.8 cm³/mol. The highest BCUT2D eigenvalue weighted by Gasteiger charge is 2.23. The zero-order valence-corrected chi connectivity index (χ0v) is 13.8. The van der Waals surface area contributed by atoms with Gasteiger partial charge in [-0.2, -0.15) is 0 Å². The Kier molecular flexibility index (Phi) is 5.44. The van der Waals surface area contributed by atoms with Crippen LogP contribution < -0.4 is 10.6 Å². The van der Waals surface area contributed by atoms with Crippen molar-refractivity contribution < 1.29 is 9.53 Å². The lowest BCUT2D eigenvalue weighted by atomic mass is 10.2. The molecule has 3 rings (SSSR count). The first-order chi connectivity index (χ1) is 10.8. The molecule has 7 heteroatoms. The number of morpholine rings is 1. The van der Waals surface area contributed by atoms with Crippen molar-refractivity contribution in [2.24, 2.45) is 0 Å². The number of urea groups is 1. The first kappa shape index (κ1) is 15.5. The van der Waals surface area contributed by atoms with Gasteiger partial charge in [0.15, 0.2) is 0 Å². The number of carbonyl (C=O) groups excluding carboxylic acids is 1. The number of amides is 2. The molecule has 0 spiro atoms. The van der Waals surface area contributed by atoms with E-state index in [0.29, 0.717) is 6.54 Å². The highest BCUT2D eigenvalue weighted by Crippen LogP contribution is 2.25. The van der Waals surface area contributed by atoms with Crippen LogP contribution >= 0.6 is 22.7 Å². The maximum absolute atomic E-state index is 12.0. The van der Waals surface area contributed by atoms with Crippen molar-refractivity contribution in [2.45, 2.75) is 6.04 Å². The number of carbonyl (C=O) groups is 1. The third-order valence-electron chi connectivity index (χ3n) is 3.57. The summed E-state index contributed by atoms with van der Waals surface area (Å²) in [7, 11) is 0. The summed E-state index contributed by atoms with van der Waals surface area (Å²) in [5.41, 5.74) is 0. The van der Waals surface area contributed by atoms with Gasteiger partial charge < -0.3 is 10.1 Å². The van der Waals surface area contributed by atoms with E-state index in [2.05, 4.69) is 33.0 Å². The monoisotopic (exact) mass is 337 g/mol. The van der Waals surface area contributed by atoms with Crippen molar-refractivity contribution in [1.82, 2.24) is 10.2 Å². The molecule has 2 N–H and O–H groups in total. The second kappa shape index (κ2) is 7.73. The molecular formula is C15H19N3O2S2. The van der Waals surface area contributed by atoms with Crippen LogP contribution in [0.2, 0.25) is 0 Å². The van der Waals surface area contributed by atoms with Crippen LogP contribution in [0.1, 0.15) is 10.9 Å². The van der Waals surface area contributed by atoms with E-state index in [-0.39, 0.29) is 12.1 Å². The van der Waals surface area contributed by atoms with Crippen LogP contribution in [0.3, 0.4) is 0 Å². The van der Waals surface area contributed by atoms with Crippen LogP contribution in [0, 0.1) is 0 Å². The Morgan fingerprint density at radius 2 is 2.00 bits per heavy atom. The normalized spacial score (nSPS) is 17.1. The standard InChI is InChI=1S/C15H19N3O2S2/c19-15(17-14-4-2-10-22-14)16-11-12(13-3-1-9-21-13)18-5-7-20-8-6-18/h1-4,9-10,12H,5-8,11H2,(H2,16,17,19)/t12-/m1/s1. The molecule has 1 fully saturated rings. The molecule has 0 radical (unpaired) electrons. The van der Waals surface area contributed by atoms with Crippen LogP contribution in [0.5, 0.6) is 0 Å². The van der Waals surface area contributed by atoms with Crippen molar-refractivity contribution in [1.29, 1.82) is 0 Å². The van der Waals surface area contributed by atoms with E-state index in [1.165, 1.54) is 16.2 Å². The van der Waals surface area contributed by atoms with E-state index >= 15 is 0 Å². The van der Waals surface area contributed by atoms with Gasteiger partial charge in [0, 0.05) is 24.5 Å². The number of thiophene rings is 2. The summed E-state index contributed by atoms with van der Waals surface area (Å²) in [6.07, 6.45) is 0. The van der Waals surface area contributed by atoms with Gasteiger partial charge >= 0.3 is 6.03 Å². The van der Waals surface area contributed by atoms with Gasteiger partial charge in [-0.25, -0.2) is 4.79 Å². The zero-order chi connectivity index (χ0) is 15.2. The Morgan fingerprint density at radius 3 is 2.68 bits per heavy atom. The summed E-state index contributed by atoms with van der Waals surface area (Å²) in [6, 6.07) is 8.05. The molecular weight excluding hydrogens is 318 g/mol. The summed E-state index contributed by atoms with van der Waals surface area (Å²) in [5.74, 6) is 0. The molecule has 1 aliphatic heterocycles. The summed E-state index contributed by atoms with van der Waals surface area (Å²) in [4.78, 5) is 15.7. The summed E-state index contributed by atoms with van der Waals surface area (Å²) < 4.78 is 5.43. The highest BCUT2D eigenvalue weighted by molar-refractivity contribution is 7.14. The molecule has 2 amide bonds. The molecule has 2 aromatic rings. The lowest BCUT2D eigenvalue weighted by Crippen LogP contribution is -2.44. The van der Waals surface area contributed by atoms with Gasteiger partial charge in [-0.3, -0.25) is 10.2 Å². The Bertz CT molecular complexity index is 566. The molecule has 0 unspecified atom stereocenters. The van der Waals surface area contributed by atoms with Crippen molar-refractivity contribution in [3.05, 3.63) is 39.9 Å². The number of hydrogen-bond donors (Lipinski definition) is 2. The molecule has 2 aromatic heterocycles. The van der Waals surface area contributed by atoms with E-state index in [4.69, 9.17) is 4.74 Å². The van der Waals surface area contributed by atoms with Crippen LogP contribution in [0.25, 0.3) is 0 Å². The summed E-state index contributed by atoms with van der Waals surface area (Å²) in [5, 5.41) is 10.7. The molecule has 1 aliphatic rings. The predicted octanol–water partition coefficient (Wildman–Crippen LogP) is 3.00. The van der Waals surface area contributed by atoms with Crippen molar-refractivity contribution in [2.75, 3.05) is 38.2 Å². The maximum atomic E-state index is 12.0. The van der Waals surface area contributed by atoms with Gasteiger partial charge in [0.2, 0.25) is 0 Å². The SMILES string of the molecule is O=C(NC[C@H](c1cccs1)N1CCOCC1)Nc1cccs1. The highest BCUT2D eigenvalue weighted by atomic mass is 32.1. The third kappa shape index (κ3) is 4.07. The first-order valence-corrected chi connectivity index (χ1v) is 9.02. The number of nitrogens with zero attached hydrogens (tertiary/aromatic N) is 1. The number of nitrogens with one attached hydrogen (secondary N) is 2. The third-order valence-corrected chi connectivity index (χ3v) is 5.33. The Hall–Kier alpha value is -1.41. The van der Waals surface area contributed by atoms with Crippen LogP contribution in [-0.4, -0.2) is 43.8 Å². The number of anilines is 1. The van der Waals surface area contributed by atoms with E-state index in [1.54, 1.807) is 11.3 Å². The molecule has 0 saturated carbocycles. The Balaban J connectivity index is 1.59. The van der Waals surface area contributed by atoms with Gasteiger partial charge in [-0.15, -0.1) is 22.7 Å². The van der Waals surface area contributed by atoms with Gasteiger partial charge in [0.1, 0.15) is 0 Å². The lowest BCUT2D eigenvalue weighted by Gasteiger charge is -2.34. The van der Waals surface area contributed by atoms with Crippen LogP contribution in [0.15, 0.2) is 35.0 Å². The molecule has 118 valence electrons. The van der Waals surface area contributed by atoms with E-state index in [9.17, 15) is 4.79 Å². The van der Waals surface area contributed by atoms with Crippen LogP contribution in [-0.2, 0) is 4.74 Å². The van der Waals surface area contributed by atoms with Gasteiger partial charge in [0.05, 0.1) is 24.3 Å². The molecule has 0 bridgehead atoms. The Morgan fingerprint density at radius 1 is 1.23 bits per heavy atom. The topological polar surface area (TPSA) is 53.6 Å². The first-order valence-electron chi connectivity index (χ1n) is 7.26. The number of ether oxygens (including phenoxy) is 1. The molecule has 22 heavy (non-hydrogen) atoms. The summed E-state index contributed by atoms with van der Waals surface area (Å²) in [6.45, 7) is 3.90. The molecule has 0 aromatic carbocycles. The van der Waals surface area contributed by atoms with Crippen molar-refractivity contribution in [3.63, 3.8) is 0 Å². The van der Waals surface area contributed by atoms with Crippen LogP contribution in [0.4, 0.5) is 9.80 Å². The smallest absolute Gasteiger partial charge is 0.319 e. The summed E-state index contributed by atoms with van der Waals surface area (Å²) >= 11 is 3.24. The second-order valence-electron chi connectivity index (χ2n) is 4.99. The number of hydrogen-bond acceptors (Lipinski definition) is 5. The van der Waals surface area contributed by atoms with E-state index in [1.807, 2.05) is 17.5 Å². The maximum Gasteiger partial charge on any atom is 0.319 e. The fourth-order valence-corrected chi connectivity index (χ4v) is 3.95. The van der Waals surface area contributed by atoms with Gasteiger partial charge in [0.25, 0.3) is 0 Å². The average Bonchev–Trinajstić information content (AvgIpc) is 3.22. The minimum absolute atomic E-state index is 0.155. The quantitative estimate of drug-likeness (QED) is 0.882. The molecule has 1 saturated heterocycles. The fraction of sp³-hybridized carbons (Fsp3) is 0.400. The van der Waals surface area contributed by atoms with E-state index < -0.39 is 0 Å². The molecule has 3 heterocycles. The van der Waals surface area contributed by atoms with Crippen molar-refractivity contribution in [3.8, 4) is 0 Å². The second-order valence-corrected chi connectivity index (χ2v) is 6.92. The van der Waals surface area contributed by atoms with Crippen molar-refractivity contribution >= 4 is 33.7 Å². The average molecular weight is 337 g/mol. The Labute approximate surface area is 137 Å². The minimum Gasteiger partial charge on any atom is -0.379 e. The fourth-order valence-electron chi connectivity index (χ4n) is 2.47. The van der Waals surface area contributed by atoms with Gasteiger partial charge in [-0.05, 0) is 29.0 Å². The lowest BCUT2D eigenvalue weighted by molar-refractivity contribution is 0.0175. The van der Waals surface area contributed by atoms with E-state index in [0.717, 1.165) is 31.3 Å². The molecule has 1 atom stereocenters. The van der Waals surface area contributed by atoms with Gasteiger partial charge in [-0.1, -0.05) is 6.07 Å². The molecule has 5 nitrogen and oxygen atoms in total. The molecule has 0 aliphatic carbocycles.